The summed E-state index contributed by atoms with van der Waals surface area (Å²) in [4.78, 5) is 37.6. The molecule has 0 radical (unpaired) electrons. The summed E-state index contributed by atoms with van der Waals surface area (Å²) >= 11 is 3.22. The smallest absolute Gasteiger partial charge is 0.319 e. The Labute approximate surface area is 151 Å². The number of carbonyl (C=O) groups excluding carboxylic acids is 1. The molecule has 10 heteroatoms. The van der Waals surface area contributed by atoms with Crippen molar-refractivity contribution < 1.29 is 13.2 Å². The molecule has 134 valence electrons. The molecule has 8 nitrogen and oxygen atoms in total. The zero-order valence-electron chi connectivity index (χ0n) is 13.7. The summed E-state index contributed by atoms with van der Waals surface area (Å²) in [5.74, 6) is -0.889. The number of anilines is 1. The number of aromatic nitrogens is 2. The van der Waals surface area contributed by atoms with E-state index in [1.807, 2.05) is 4.98 Å². The first-order valence-electron chi connectivity index (χ1n) is 7.08. The molecule has 2 rings (SSSR count). The Balaban J connectivity index is 2.40. The van der Waals surface area contributed by atoms with Crippen LogP contribution in [0.3, 0.4) is 0 Å². The van der Waals surface area contributed by atoms with Gasteiger partial charge in [-0.15, -0.1) is 0 Å². The lowest BCUT2D eigenvalue weighted by molar-refractivity contribution is -0.117. The minimum absolute atomic E-state index is 0.0229. The molecular weight excluding hydrogens is 414 g/mol. The third-order valence-electron chi connectivity index (χ3n) is 3.70. The number of nitrogens with one attached hydrogen (secondary N) is 2. The molecule has 0 atom stereocenters. The lowest BCUT2D eigenvalue weighted by Crippen LogP contribution is -2.45. The van der Waals surface area contributed by atoms with Crippen LogP contribution in [-0.4, -0.2) is 28.6 Å². The Hall–Kier alpha value is -2.20. The molecule has 0 spiro atoms. The van der Waals surface area contributed by atoms with Crippen LogP contribution < -0.4 is 16.6 Å². The van der Waals surface area contributed by atoms with Crippen molar-refractivity contribution in [2.24, 2.45) is 7.05 Å². The van der Waals surface area contributed by atoms with Gasteiger partial charge in [0.1, 0.15) is 10.4 Å². The normalized spacial score (nSPS) is 12.0. The number of sulfone groups is 1. The molecule has 1 heterocycles. The maximum Gasteiger partial charge on any atom is 0.328 e. The number of hydrogen-bond acceptors (Lipinski definition) is 5. The molecule has 1 amide bonds. The first-order valence-corrected chi connectivity index (χ1v) is 9.36. The highest BCUT2D eigenvalue weighted by Gasteiger charge is 2.43. The Morgan fingerprint density at radius 3 is 2.32 bits per heavy atom. The van der Waals surface area contributed by atoms with E-state index in [1.165, 1.54) is 33.0 Å². The molecule has 2 aromatic rings. The Kier molecular flexibility index (Phi) is 5.05. The summed E-state index contributed by atoms with van der Waals surface area (Å²) in [7, 11) is -2.63. The maximum absolute atomic E-state index is 12.8. The Bertz CT molecular complexity index is 1040. The van der Waals surface area contributed by atoms with Gasteiger partial charge >= 0.3 is 5.69 Å². The predicted molar refractivity (Wildman–Crippen MR) is 96.3 cm³/mol. The van der Waals surface area contributed by atoms with Crippen LogP contribution in [0.2, 0.25) is 0 Å². The maximum atomic E-state index is 12.8. The topological polar surface area (TPSA) is 118 Å². The zero-order chi connectivity index (χ0) is 19.0. The first-order chi connectivity index (χ1) is 11.5. The first kappa shape index (κ1) is 19.1. The van der Waals surface area contributed by atoms with Gasteiger partial charge < -0.3 is 9.88 Å². The molecular formula is C15H16BrN3O5S. The van der Waals surface area contributed by atoms with Crippen LogP contribution in [0.5, 0.6) is 0 Å². The van der Waals surface area contributed by atoms with Crippen molar-refractivity contribution >= 4 is 37.4 Å². The van der Waals surface area contributed by atoms with Gasteiger partial charge in [0.15, 0.2) is 9.84 Å². The van der Waals surface area contributed by atoms with E-state index in [0.29, 0.717) is 4.47 Å². The van der Waals surface area contributed by atoms with Gasteiger partial charge in [0.05, 0.1) is 4.90 Å². The standard InChI is InChI=1S/C15H16BrN3O5S/c1-15(2,25(23,24)10-6-4-9(16)5-7-10)13(21)17-11-8-19(3)14(22)18-12(11)20/h4-8H,1-3H3,(H,17,21)(H,18,20,22). The average Bonchev–Trinajstić information content (AvgIpc) is 2.52. The molecule has 0 saturated carbocycles. The fourth-order valence-electron chi connectivity index (χ4n) is 1.96. The second-order valence-electron chi connectivity index (χ2n) is 5.83. The van der Waals surface area contributed by atoms with Gasteiger partial charge in [-0.05, 0) is 38.1 Å². The van der Waals surface area contributed by atoms with Gasteiger partial charge in [-0.25, -0.2) is 13.2 Å². The summed E-state index contributed by atoms with van der Waals surface area (Å²) in [6.07, 6.45) is 1.13. The van der Waals surface area contributed by atoms with E-state index in [2.05, 4.69) is 21.2 Å². The second-order valence-corrected chi connectivity index (χ2v) is 9.25. The van der Waals surface area contributed by atoms with E-state index in [0.717, 1.165) is 10.8 Å². The van der Waals surface area contributed by atoms with Crippen molar-refractivity contribution in [3.8, 4) is 0 Å². The number of amides is 1. The highest BCUT2D eigenvalue weighted by molar-refractivity contribution is 9.10. The number of hydrogen-bond donors (Lipinski definition) is 2. The molecule has 0 unspecified atom stereocenters. The van der Waals surface area contributed by atoms with Crippen LogP contribution in [0.15, 0.2) is 49.4 Å². The van der Waals surface area contributed by atoms with Crippen molar-refractivity contribution in [2.75, 3.05) is 5.32 Å². The molecule has 0 aliphatic carbocycles. The third kappa shape index (κ3) is 3.59. The van der Waals surface area contributed by atoms with Gasteiger partial charge in [-0.3, -0.25) is 14.6 Å². The summed E-state index contributed by atoms with van der Waals surface area (Å²) in [6, 6.07) is 5.87. The number of rotatable bonds is 4. The molecule has 0 aliphatic rings. The number of aryl methyl sites for hydroxylation is 1. The average molecular weight is 430 g/mol. The molecule has 2 N–H and O–H groups in total. The zero-order valence-corrected chi connectivity index (χ0v) is 16.1. The second kappa shape index (κ2) is 6.60. The summed E-state index contributed by atoms with van der Waals surface area (Å²) in [5, 5.41) is 2.27. The van der Waals surface area contributed by atoms with E-state index in [4.69, 9.17) is 0 Å². The van der Waals surface area contributed by atoms with Crippen molar-refractivity contribution in [1.29, 1.82) is 0 Å². The van der Waals surface area contributed by atoms with E-state index in [1.54, 1.807) is 12.1 Å². The van der Waals surface area contributed by atoms with Crippen molar-refractivity contribution in [1.82, 2.24) is 9.55 Å². The molecule has 0 saturated heterocycles. The third-order valence-corrected chi connectivity index (χ3v) is 6.65. The van der Waals surface area contributed by atoms with Crippen LogP contribution in [0.25, 0.3) is 0 Å². The number of H-pyrrole nitrogens is 1. The van der Waals surface area contributed by atoms with E-state index in [9.17, 15) is 22.8 Å². The minimum atomic E-state index is -4.02. The van der Waals surface area contributed by atoms with E-state index >= 15 is 0 Å². The largest absolute Gasteiger partial charge is 0.328 e. The molecule has 1 aromatic carbocycles. The number of aromatic amines is 1. The highest BCUT2D eigenvalue weighted by Crippen LogP contribution is 2.27. The molecule has 1 aromatic heterocycles. The summed E-state index contributed by atoms with van der Waals surface area (Å²) in [6.45, 7) is 2.49. The number of benzene rings is 1. The van der Waals surface area contributed by atoms with Crippen LogP contribution >= 0.6 is 15.9 Å². The minimum Gasteiger partial charge on any atom is -0.319 e. The SMILES string of the molecule is Cn1cc(NC(=O)C(C)(C)S(=O)(=O)c2ccc(Br)cc2)c(=O)[nH]c1=O. The Morgan fingerprint density at radius 1 is 1.20 bits per heavy atom. The lowest BCUT2D eigenvalue weighted by atomic mass is 10.2. The lowest BCUT2D eigenvalue weighted by Gasteiger charge is -2.23. The van der Waals surface area contributed by atoms with Gasteiger partial charge in [-0.2, -0.15) is 0 Å². The van der Waals surface area contributed by atoms with Gasteiger partial charge in [-0.1, -0.05) is 15.9 Å². The van der Waals surface area contributed by atoms with Gasteiger partial charge in [0.25, 0.3) is 5.56 Å². The monoisotopic (exact) mass is 429 g/mol. The van der Waals surface area contributed by atoms with Crippen LogP contribution in [0.1, 0.15) is 13.8 Å². The van der Waals surface area contributed by atoms with E-state index in [-0.39, 0.29) is 10.6 Å². The van der Waals surface area contributed by atoms with Gasteiger partial charge in [0.2, 0.25) is 5.91 Å². The van der Waals surface area contributed by atoms with E-state index < -0.39 is 31.7 Å². The highest BCUT2D eigenvalue weighted by atomic mass is 79.9. The summed E-state index contributed by atoms with van der Waals surface area (Å²) < 4.78 is 25.5. The number of halogens is 1. The van der Waals surface area contributed by atoms with Crippen molar-refractivity contribution in [3.63, 3.8) is 0 Å². The van der Waals surface area contributed by atoms with Gasteiger partial charge in [0, 0.05) is 17.7 Å². The number of nitrogens with zero attached hydrogens (tertiary/aromatic N) is 1. The molecule has 25 heavy (non-hydrogen) atoms. The summed E-state index contributed by atoms with van der Waals surface area (Å²) in [5.41, 5.74) is -1.68. The fraction of sp³-hybridized carbons (Fsp3) is 0.267. The molecule has 0 aliphatic heterocycles. The number of carbonyl (C=O) groups is 1. The molecule has 0 fully saturated rings. The van der Waals surface area contributed by atoms with Crippen LogP contribution in [-0.2, 0) is 21.7 Å². The predicted octanol–water partition coefficient (Wildman–Crippen LogP) is 1.03. The molecule has 0 bridgehead atoms. The van der Waals surface area contributed by atoms with Crippen LogP contribution in [0.4, 0.5) is 5.69 Å². The Morgan fingerprint density at radius 2 is 1.76 bits per heavy atom. The quantitative estimate of drug-likeness (QED) is 0.751. The van der Waals surface area contributed by atoms with Crippen molar-refractivity contribution in [3.05, 3.63) is 55.8 Å². The fourth-order valence-corrected chi connectivity index (χ4v) is 3.60. The van der Waals surface area contributed by atoms with Crippen molar-refractivity contribution in [2.45, 2.75) is 23.5 Å². The van der Waals surface area contributed by atoms with Crippen LogP contribution in [0, 0.1) is 0 Å².